The Kier molecular flexibility index (Phi) is 7.24. The van der Waals surface area contributed by atoms with Crippen molar-refractivity contribution in [2.45, 2.75) is 13.8 Å². The Hall–Kier alpha value is -3.13. The molecule has 30 heavy (non-hydrogen) atoms. The Morgan fingerprint density at radius 1 is 1.10 bits per heavy atom. The number of nitrogen functional groups attached to an aromatic ring is 1. The van der Waals surface area contributed by atoms with Crippen LogP contribution in [0.15, 0.2) is 42.6 Å². The summed E-state index contributed by atoms with van der Waals surface area (Å²) in [6, 6.07) is 11.3. The SMILES string of the molecule is CC(C)CNc1nccc(NCCN(C)c2cc(-c3cccc(Cl)c3)nc(N)n2)n1. The van der Waals surface area contributed by atoms with Crippen molar-refractivity contribution in [2.24, 2.45) is 5.92 Å². The van der Waals surface area contributed by atoms with E-state index >= 15 is 0 Å². The molecule has 0 atom stereocenters. The van der Waals surface area contributed by atoms with Gasteiger partial charge >= 0.3 is 0 Å². The van der Waals surface area contributed by atoms with Crippen LogP contribution in [0.25, 0.3) is 11.3 Å². The summed E-state index contributed by atoms with van der Waals surface area (Å²) in [6.45, 7) is 6.49. The molecule has 0 aliphatic carbocycles. The van der Waals surface area contributed by atoms with E-state index in [0.717, 1.165) is 29.4 Å². The molecule has 3 aromatic rings. The molecule has 0 amide bonds. The van der Waals surface area contributed by atoms with Crippen molar-refractivity contribution < 1.29 is 0 Å². The third-order valence-electron chi connectivity index (χ3n) is 4.32. The van der Waals surface area contributed by atoms with Gasteiger partial charge in [0.15, 0.2) is 0 Å². The number of nitrogens with zero attached hydrogens (tertiary/aromatic N) is 5. The predicted molar refractivity (Wildman–Crippen MR) is 124 cm³/mol. The number of nitrogens with one attached hydrogen (secondary N) is 2. The largest absolute Gasteiger partial charge is 0.368 e. The molecular weight excluding hydrogens is 400 g/mol. The van der Waals surface area contributed by atoms with Gasteiger partial charge in [0.25, 0.3) is 0 Å². The molecule has 2 aromatic heterocycles. The Labute approximate surface area is 181 Å². The van der Waals surface area contributed by atoms with Gasteiger partial charge in [0, 0.05) is 49.5 Å². The molecule has 8 nitrogen and oxygen atoms in total. The maximum absolute atomic E-state index is 6.10. The highest BCUT2D eigenvalue weighted by atomic mass is 35.5. The van der Waals surface area contributed by atoms with E-state index in [-0.39, 0.29) is 5.95 Å². The lowest BCUT2D eigenvalue weighted by atomic mass is 10.1. The van der Waals surface area contributed by atoms with Crippen molar-refractivity contribution in [1.29, 1.82) is 0 Å². The van der Waals surface area contributed by atoms with Crippen LogP contribution >= 0.6 is 11.6 Å². The van der Waals surface area contributed by atoms with Gasteiger partial charge in [-0.1, -0.05) is 37.6 Å². The fourth-order valence-corrected chi connectivity index (χ4v) is 2.94. The molecule has 0 fully saturated rings. The standard InChI is InChI=1S/C21H27ClN8/c1-14(2)13-26-21-25-8-7-18(28-21)24-9-10-30(3)19-12-17(27-20(23)29-19)15-5-4-6-16(22)11-15/h4-8,11-12,14H,9-10,13H2,1-3H3,(H2,23,27,29)(H2,24,25,26,28). The Balaban J connectivity index is 1.61. The van der Waals surface area contributed by atoms with Gasteiger partial charge in [0.05, 0.1) is 5.69 Å². The van der Waals surface area contributed by atoms with Gasteiger partial charge in [-0.3, -0.25) is 0 Å². The van der Waals surface area contributed by atoms with Gasteiger partial charge in [-0.25, -0.2) is 9.97 Å². The van der Waals surface area contributed by atoms with Gasteiger partial charge in [-0.15, -0.1) is 0 Å². The zero-order valence-electron chi connectivity index (χ0n) is 17.4. The maximum Gasteiger partial charge on any atom is 0.224 e. The molecule has 3 rings (SSSR count). The monoisotopic (exact) mass is 426 g/mol. The summed E-state index contributed by atoms with van der Waals surface area (Å²) in [4.78, 5) is 19.4. The third kappa shape index (κ3) is 6.18. The van der Waals surface area contributed by atoms with Crippen molar-refractivity contribution in [2.75, 3.05) is 47.9 Å². The van der Waals surface area contributed by atoms with Crippen molar-refractivity contribution in [3.8, 4) is 11.3 Å². The quantitative estimate of drug-likeness (QED) is 0.474. The molecule has 0 saturated heterocycles. The average molecular weight is 427 g/mol. The highest BCUT2D eigenvalue weighted by Gasteiger charge is 2.09. The summed E-state index contributed by atoms with van der Waals surface area (Å²) in [6.07, 6.45) is 1.74. The van der Waals surface area contributed by atoms with Crippen LogP contribution in [0.2, 0.25) is 5.02 Å². The first-order chi connectivity index (χ1) is 14.4. The zero-order chi connectivity index (χ0) is 21.5. The lowest BCUT2D eigenvalue weighted by Crippen LogP contribution is -2.26. The van der Waals surface area contributed by atoms with Gasteiger partial charge in [-0.2, -0.15) is 9.97 Å². The molecule has 0 unspecified atom stereocenters. The number of rotatable bonds is 9. The van der Waals surface area contributed by atoms with E-state index in [2.05, 4.69) is 44.4 Å². The number of benzene rings is 1. The minimum absolute atomic E-state index is 0.221. The fourth-order valence-electron chi connectivity index (χ4n) is 2.75. The number of nitrogens with two attached hydrogens (primary N) is 1. The summed E-state index contributed by atoms with van der Waals surface area (Å²) in [5.74, 6) is 2.87. The van der Waals surface area contributed by atoms with Gasteiger partial charge in [0.2, 0.25) is 11.9 Å². The topological polar surface area (TPSA) is 105 Å². The molecule has 9 heteroatoms. The Morgan fingerprint density at radius 2 is 1.93 bits per heavy atom. The normalized spacial score (nSPS) is 10.8. The summed E-state index contributed by atoms with van der Waals surface area (Å²) in [5, 5.41) is 7.19. The lowest BCUT2D eigenvalue weighted by Gasteiger charge is -2.19. The summed E-state index contributed by atoms with van der Waals surface area (Å²) < 4.78 is 0. The smallest absolute Gasteiger partial charge is 0.224 e. The second kappa shape index (κ2) is 10.1. The molecule has 0 saturated carbocycles. The van der Waals surface area contributed by atoms with E-state index in [1.54, 1.807) is 6.20 Å². The van der Waals surface area contributed by atoms with E-state index in [1.807, 2.05) is 48.3 Å². The van der Waals surface area contributed by atoms with Crippen LogP contribution in [-0.2, 0) is 0 Å². The van der Waals surface area contributed by atoms with Crippen molar-refractivity contribution >= 4 is 35.1 Å². The molecular formula is C21H27ClN8. The Bertz CT molecular complexity index is 979. The van der Waals surface area contributed by atoms with E-state index in [4.69, 9.17) is 17.3 Å². The second-order valence-electron chi connectivity index (χ2n) is 7.37. The lowest BCUT2D eigenvalue weighted by molar-refractivity contribution is 0.684. The molecule has 0 aliphatic heterocycles. The number of hydrogen-bond donors (Lipinski definition) is 3. The molecule has 0 radical (unpaired) electrons. The van der Waals surface area contributed by atoms with E-state index in [9.17, 15) is 0 Å². The van der Waals surface area contributed by atoms with Gasteiger partial charge < -0.3 is 21.3 Å². The van der Waals surface area contributed by atoms with Crippen molar-refractivity contribution in [3.63, 3.8) is 0 Å². The van der Waals surface area contributed by atoms with Crippen LogP contribution in [0.5, 0.6) is 0 Å². The number of anilines is 4. The van der Waals surface area contributed by atoms with Gasteiger partial charge in [0.1, 0.15) is 11.6 Å². The Morgan fingerprint density at radius 3 is 2.70 bits per heavy atom. The van der Waals surface area contributed by atoms with Crippen LogP contribution in [0, 0.1) is 5.92 Å². The highest BCUT2D eigenvalue weighted by Crippen LogP contribution is 2.24. The molecule has 1 aromatic carbocycles. The van der Waals surface area contributed by atoms with Crippen molar-refractivity contribution in [3.05, 3.63) is 47.6 Å². The number of halogens is 1. The zero-order valence-corrected chi connectivity index (χ0v) is 18.2. The number of aromatic nitrogens is 4. The average Bonchev–Trinajstić information content (AvgIpc) is 2.72. The maximum atomic E-state index is 6.10. The number of hydrogen-bond acceptors (Lipinski definition) is 8. The summed E-state index contributed by atoms with van der Waals surface area (Å²) >= 11 is 6.10. The van der Waals surface area contributed by atoms with E-state index in [1.165, 1.54) is 0 Å². The molecule has 158 valence electrons. The fraction of sp³-hybridized carbons (Fsp3) is 0.333. The summed E-state index contributed by atoms with van der Waals surface area (Å²) in [5.41, 5.74) is 7.57. The van der Waals surface area contributed by atoms with Gasteiger partial charge in [-0.05, 0) is 24.1 Å². The van der Waals surface area contributed by atoms with E-state index in [0.29, 0.717) is 30.0 Å². The molecule has 4 N–H and O–H groups in total. The molecule has 0 aliphatic rings. The molecule has 0 spiro atoms. The third-order valence-corrected chi connectivity index (χ3v) is 4.55. The van der Waals surface area contributed by atoms with Crippen LogP contribution in [0.3, 0.4) is 0 Å². The van der Waals surface area contributed by atoms with Crippen LogP contribution < -0.4 is 21.3 Å². The first-order valence-corrected chi connectivity index (χ1v) is 10.2. The highest BCUT2D eigenvalue weighted by molar-refractivity contribution is 6.30. The van der Waals surface area contributed by atoms with E-state index < -0.39 is 0 Å². The van der Waals surface area contributed by atoms with Crippen LogP contribution in [-0.4, -0.2) is 46.6 Å². The summed E-state index contributed by atoms with van der Waals surface area (Å²) in [7, 11) is 1.96. The molecule has 2 heterocycles. The molecule has 0 bridgehead atoms. The van der Waals surface area contributed by atoms with Crippen LogP contribution in [0.1, 0.15) is 13.8 Å². The predicted octanol–water partition coefficient (Wildman–Crippen LogP) is 3.79. The first kappa shape index (κ1) is 21.6. The van der Waals surface area contributed by atoms with Crippen LogP contribution in [0.4, 0.5) is 23.5 Å². The minimum atomic E-state index is 0.221. The number of likely N-dealkylation sites (N-methyl/N-ethyl adjacent to an activating group) is 1. The van der Waals surface area contributed by atoms with Crippen molar-refractivity contribution in [1.82, 2.24) is 19.9 Å². The minimum Gasteiger partial charge on any atom is -0.368 e. The first-order valence-electron chi connectivity index (χ1n) is 9.83. The second-order valence-corrected chi connectivity index (χ2v) is 7.80.